The van der Waals surface area contributed by atoms with Gasteiger partial charge in [0.15, 0.2) is 5.82 Å². The van der Waals surface area contributed by atoms with Crippen molar-refractivity contribution in [1.29, 1.82) is 0 Å². The molecule has 1 atom stereocenters. The van der Waals surface area contributed by atoms with Gasteiger partial charge in [-0.25, -0.2) is 8.78 Å². The van der Waals surface area contributed by atoms with Gasteiger partial charge in [-0.05, 0) is 30.7 Å². The summed E-state index contributed by atoms with van der Waals surface area (Å²) < 4.78 is 26.6. The van der Waals surface area contributed by atoms with Gasteiger partial charge in [-0.3, -0.25) is 10.1 Å². The molecule has 0 saturated heterocycles. The summed E-state index contributed by atoms with van der Waals surface area (Å²) in [6.45, 7) is 1.71. The highest BCUT2D eigenvalue weighted by Gasteiger charge is 2.19. The summed E-state index contributed by atoms with van der Waals surface area (Å²) in [7, 11) is 0. The van der Waals surface area contributed by atoms with Crippen molar-refractivity contribution in [3.63, 3.8) is 0 Å². The Morgan fingerprint density at radius 3 is 2.40 bits per heavy atom. The number of hydrogen-bond donors (Lipinski definition) is 1. The van der Waals surface area contributed by atoms with Crippen LogP contribution >= 0.6 is 0 Å². The number of benzene rings is 2. The minimum atomic E-state index is -0.701. The zero-order chi connectivity index (χ0) is 14.7. The van der Waals surface area contributed by atoms with Crippen LogP contribution in [0.15, 0.2) is 42.5 Å². The molecule has 0 aromatic heterocycles. The first-order valence-corrected chi connectivity index (χ1v) is 5.94. The number of hydrogen-bond acceptors (Lipinski definition) is 3. The number of anilines is 1. The van der Waals surface area contributed by atoms with E-state index in [0.29, 0.717) is 5.56 Å². The smallest absolute Gasteiger partial charge is 0.295 e. The van der Waals surface area contributed by atoms with Crippen molar-refractivity contribution in [2.24, 2.45) is 0 Å². The molecule has 2 rings (SSSR count). The van der Waals surface area contributed by atoms with Gasteiger partial charge in [0.25, 0.3) is 5.69 Å². The Morgan fingerprint density at radius 1 is 1.15 bits per heavy atom. The second-order valence-electron chi connectivity index (χ2n) is 4.31. The Bertz CT molecular complexity index is 630. The molecule has 0 amide bonds. The molecule has 0 aliphatic heterocycles. The standard InChI is InChI=1S/C14H12F2N2O2/c1-9(10-5-7-11(15)8-6-10)17-14-12(16)3-2-4-13(14)18(19)20/h2-9,17H,1H3. The molecule has 0 spiro atoms. The maximum Gasteiger partial charge on any atom is 0.295 e. The normalized spacial score (nSPS) is 11.9. The van der Waals surface area contributed by atoms with Gasteiger partial charge in [0.2, 0.25) is 0 Å². The van der Waals surface area contributed by atoms with Gasteiger partial charge in [0.1, 0.15) is 11.5 Å². The molecule has 0 bridgehead atoms. The van der Waals surface area contributed by atoms with E-state index in [2.05, 4.69) is 5.32 Å². The third-order valence-corrected chi connectivity index (χ3v) is 2.92. The van der Waals surface area contributed by atoms with Crippen molar-refractivity contribution < 1.29 is 13.7 Å². The molecule has 0 fully saturated rings. The molecule has 0 aliphatic rings. The molecule has 4 nitrogen and oxygen atoms in total. The minimum Gasteiger partial charge on any atom is -0.371 e. The second kappa shape index (κ2) is 5.64. The Kier molecular flexibility index (Phi) is 3.93. The first kappa shape index (κ1) is 13.9. The van der Waals surface area contributed by atoms with Crippen molar-refractivity contribution in [3.05, 3.63) is 69.8 Å². The third kappa shape index (κ3) is 2.90. The summed E-state index contributed by atoms with van der Waals surface area (Å²) in [5, 5.41) is 13.6. The average Bonchev–Trinajstić information content (AvgIpc) is 2.41. The molecule has 2 aromatic rings. The SMILES string of the molecule is CC(Nc1c(F)cccc1[N+](=O)[O-])c1ccc(F)cc1. The van der Waals surface area contributed by atoms with E-state index in [1.165, 1.54) is 24.3 Å². The molecule has 1 unspecified atom stereocenters. The predicted octanol–water partition coefficient (Wildman–Crippen LogP) is 4.05. The van der Waals surface area contributed by atoms with Crippen molar-refractivity contribution in [1.82, 2.24) is 0 Å². The number of nitrogens with zero attached hydrogens (tertiary/aromatic N) is 1. The van der Waals surface area contributed by atoms with Crippen LogP contribution in [0.1, 0.15) is 18.5 Å². The average molecular weight is 278 g/mol. The van der Waals surface area contributed by atoms with Crippen molar-refractivity contribution >= 4 is 11.4 Å². The highest BCUT2D eigenvalue weighted by atomic mass is 19.1. The van der Waals surface area contributed by atoms with E-state index in [0.717, 1.165) is 6.07 Å². The summed E-state index contributed by atoms with van der Waals surface area (Å²) in [5.41, 5.74) is 0.192. The summed E-state index contributed by atoms with van der Waals surface area (Å²) in [6.07, 6.45) is 0. The van der Waals surface area contributed by atoms with Crippen LogP contribution < -0.4 is 5.32 Å². The van der Waals surface area contributed by atoms with Crippen molar-refractivity contribution in [3.8, 4) is 0 Å². The van der Waals surface area contributed by atoms with Crippen LogP contribution in [0, 0.1) is 21.7 Å². The Labute approximate surface area is 114 Å². The van der Waals surface area contributed by atoms with Gasteiger partial charge in [-0.15, -0.1) is 0 Å². The number of nitro benzene ring substituents is 1. The molecule has 0 heterocycles. The van der Waals surface area contributed by atoms with Gasteiger partial charge in [0, 0.05) is 12.1 Å². The van der Waals surface area contributed by atoms with Gasteiger partial charge >= 0.3 is 0 Å². The van der Waals surface area contributed by atoms with Gasteiger partial charge in [-0.1, -0.05) is 18.2 Å². The zero-order valence-corrected chi connectivity index (χ0v) is 10.6. The number of nitrogens with one attached hydrogen (secondary N) is 1. The quantitative estimate of drug-likeness (QED) is 0.678. The Hall–Kier alpha value is -2.50. The fourth-order valence-corrected chi connectivity index (χ4v) is 1.86. The number of para-hydroxylation sites is 1. The predicted molar refractivity (Wildman–Crippen MR) is 71.5 cm³/mol. The number of halogens is 2. The molecule has 104 valence electrons. The summed E-state index contributed by atoms with van der Waals surface area (Å²) in [5.74, 6) is -1.08. The van der Waals surface area contributed by atoms with E-state index in [-0.39, 0.29) is 17.2 Å². The lowest BCUT2D eigenvalue weighted by atomic mass is 10.1. The molecule has 0 saturated carbocycles. The van der Waals surface area contributed by atoms with Gasteiger partial charge in [-0.2, -0.15) is 0 Å². The van der Waals surface area contributed by atoms with E-state index in [4.69, 9.17) is 0 Å². The molecular formula is C14H12F2N2O2. The van der Waals surface area contributed by atoms with Gasteiger partial charge < -0.3 is 5.32 Å². The second-order valence-corrected chi connectivity index (χ2v) is 4.31. The third-order valence-electron chi connectivity index (χ3n) is 2.92. The molecule has 0 radical (unpaired) electrons. The van der Waals surface area contributed by atoms with E-state index in [1.54, 1.807) is 19.1 Å². The maximum atomic E-state index is 13.7. The summed E-state index contributed by atoms with van der Waals surface area (Å²) >= 11 is 0. The minimum absolute atomic E-state index is 0.172. The van der Waals surface area contributed by atoms with Crippen LogP contribution in [0.3, 0.4) is 0 Å². The molecular weight excluding hydrogens is 266 g/mol. The Morgan fingerprint density at radius 2 is 1.80 bits per heavy atom. The summed E-state index contributed by atoms with van der Waals surface area (Å²) in [4.78, 5) is 10.2. The van der Waals surface area contributed by atoms with Crippen LogP contribution in [0.25, 0.3) is 0 Å². The summed E-state index contributed by atoms with van der Waals surface area (Å²) in [6, 6.07) is 8.90. The molecule has 6 heteroatoms. The van der Waals surface area contributed by atoms with Crippen LogP contribution in [-0.2, 0) is 0 Å². The van der Waals surface area contributed by atoms with Crippen molar-refractivity contribution in [2.45, 2.75) is 13.0 Å². The monoisotopic (exact) mass is 278 g/mol. The lowest BCUT2D eigenvalue weighted by Crippen LogP contribution is -2.10. The van der Waals surface area contributed by atoms with E-state index < -0.39 is 16.8 Å². The fourth-order valence-electron chi connectivity index (χ4n) is 1.86. The Balaban J connectivity index is 2.30. The van der Waals surface area contributed by atoms with Crippen LogP contribution in [0.4, 0.5) is 20.2 Å². The molecule has 2 aromatic carbocycles. The van der Waals surface area contributed by atoms with Gasteiger partial charge in [0.05, 0.1) is 4.92 Å². The number of nitro groups is 1. The van der Waals surface area contributed by atoms with E-state index in [9.17, 15) is 18.9 Å². The van der Waals surface area contributed by atoms with Crippen molar-refractivity contribution in [2.75, 3.05) is 5.32 Å². The van der Waals surface area contributed by atoms with E-state index >= 15 is 0 Å². The topological polar surface area (TPSA) is 55.2 Å². The molecule has 20 heavy (non-hydrogen) atoms. The maximum absolute atomic E-state index is 13.7. The van der Waals surface area contributed by atoms with Crippen LogP contribution in [0.5, 0.6) is 0 Å². The molecule has 0 aliphatic carbocycles. The first-order valence-electron chi connectivity index (χ1n) is 5.94. The molecule has 1 N–H and O–H groups in total. The lowest BCUT2D eigenvalue weighted by molar-refractivity contribution is -0.384. The van der Waals surface area contributed by atoms with Crippen LogP contribution in [0.2, 0.25) is 0 Å². The highest BCUT2D eigenvalue weighted by Crippen LogP contribution is 2.30. The van der Waals surface area contributed by atoms with E-state index in [1.807, 2.05) is 0 Å². The van der Waals surface area contributed by atoms with Crippen LogP contribution in [-0.4, -0.2) is 4.92 Å². The number of rotatable bonds is 4. The largest absolute Gasteiger partial charge is 0.371 e. The zero-order valence-electron chi connectivity index (χ0n) is 10.6. The first-order chi connectivity index (χ1) is 9.49. The fraction of sp³-hybridized carbons (Fsp3) is 0.143. The highest BCUT2D eigenvalue weighted by molar-refractivity contribution is 5.63. The lowest BCUT2D eigenvalue weighted by Gasteiger charge is -2.16.